The van der Waals surface area contributed by atoms with Crippen LogP contribution < -0.4 is 14.2 Å². The Labute approximate surface area is 256 Å². The van der Waals surface area contributed by atoms with Crippen LogP contribution in [0.4, 0.5) is 5.69 Å². The van der Waals surface area contributed by atoms with Crippen molar-refractivity contribution in [3.8, 4) is 5.75 Å². The Hall–Kier alpha value is -3.29. The van der Waals surface area contributed by atoms with E-state index >= 15 is 0 Å². The number of hydrogen-bond acceptors (Lipinski definition) is 8. The largest absolute Gasteiger partial charge is 0.748 e. The van der Waals surface area contributed by atoms with Crippen LogP contribution in [-0.2, 0) is 26.8 Å². The molecule has 1 aliphatic rings. The highest BCUT2D eigenvalue weighted by molar-refractivity contribution is 7.85. The summed E-state index contributed by atoms with van der Waals surface area (Å²) in [5.74, 6) is 0.588. The van der Waals surface area contributed by atoms with Crippen LogP contribution in [0.1, 0.15) is 43.2 Å². The van der Waals surface area contributed by atoms with Crippen LogP contribution in [0.5, 0.6) is 5.75 Å². The molecule has 228 valence electrons. The topological polar surface area (TPSA) is 128 Å². The molecule has 1 aliphatic heterocycles. The summed E-state index contributed by atoms with van der Waals surface area (Å²) in [6.45, 7) is 4.93. The van der Waals surface area contributed by atoms with Crippen molar-refractivity contribution in [2.24, 2.45) is 0 Å². The molecule has 3 aromatic carbocycles. The predicted octanol–water partition coefficient (Wildman–Crippen LogP) is 5.79. The molecule has 5 rings (SSSR count). The Morgan fingerprint density at radius 3 is 2.58 bits per heavy atom. The number of anilines is 1. The van der Waals surface area contributed by atoms with Gasteiger partial charge in [0.05, 0.1) is 26.9 Å². The summed E-state index contributed by atoms with van der Waals surface area (Å²) in [5.41, 5.74) is 3.94. The van der Waals surface area contributed by atoms with Gasteiger partial charge in [-0.2, -0.15) is 13.0 Å². The molecule has 0 radical (unpaired) electrons. The van der Waals surface area contributed by atoms with Gasteiger partial charge < -0.3 is 14.2 Å². The number of nitrogens with zero attached hydrogens (tertiary/aromatic N) is 2. The molecule has 0 spiro atoms. The molecule has 1 aromatic heterocycles. The van der Waals surface area contributed by atoms with Crippen molar-refractivity contribution in [2.45, 2.75) is 46.1 Å². The number of fused-ring (bicyclic) bond motifs is 4. The molecular formula is C31H34N2O7S3. The molecule has 4 aromatic rings. The highest BCUT2D eigenvalue weighted by atomic mass is 32.2. The van der Waals surface area contributed by atoms with Crippen LogP contribution in [0, 0.1) is 6.92 Å². The first-order valence-corrected chi connectivity index (χ1v) is 18.1. The molecule has 0 fully saturated rings. The van der Waals surface area contributed by atoms with E-state index in [1.54, 1.807) is 11.3 Å². The Kier molecular flexibility index (Phi) is 9.23. The van der Waals surface area contributed by atoms with Gasteiger partial charge in [0, 0.05) is 30.9 Å². The van der Waals surface area contributed by atoms with Crippen molar-refractivity contribution in [1.29, 1.82) is 0 Å². The minimum atomic E-state index is -4.27. The second-order valence-electron chi connectivity index (χ2n) is 10.6. The van der Waals surface area contributed by atoms with Gasteiger partial charge in [-0.25, -0.2) is 8.42 Å². The zero-order chi connectivity index (χ0) is 30.8. The molecule has 0 atom stereocenters. The van der Waals surface area contributed by atoms with Gasteiger partial charge in [0.2, 0.25) is 11.4 Å². The monoisotopic (exact) mass is 642 g/mol. The van der Waals surface area contributed by atoms with Gasteiger partial charge in [-0.15, -0.1) is 0 Å². The van der Waals surface area contributed by atoms with E-state index in [0.29, 0.717) is 37.6 Å². The molecule has 0 saturated carbocycles. The van der Waals surface area contributed by atoms with Crippen molar-refractivity contribution in [3.05, 3.63) is 82.7 Å². The molecule has 0 aliphatic carbocycles. The van der Waals surface area contributed by atoms with E-state index in [2.05, 4.69) is 28.8 Å². The Balaban J connectivity index is 1.53. The molecule has 0 unspecified atom stereocenters. The SMILES string of the molecule is CC/C(C=C1Oc2ccc(C)cc2N1CCCCS(=O)(=O)[O-])=C\c1sc2ccc3ccccc3c2[n+]1CCCS(=O)(=O)O. The van der Waals surface area contributed by atoms with Gasteiger partial charge in [0.1, 0.15) is 4.70 Å². The molecule has 0 amide bonds. The number of aryl methyl sites for hydroxylation is 2. The van der Waals surface area contributed by atoms with Crippen LogP contribution >= 0.6 is 11.3 Å². The third-order valence-corrected chi connectivity index (χ3v) is 10.0. The smallest absolute Gasteiger partial charge is 0.265 e. The standard InChI is InChI=1S/C31H34N2O7S3/c1-3-23(20-29-32(15-6-7-17-42(34,35)36)26-19-22(2)11-13-27(26)40-29)21-30-33(16-8-18-43(37,38)39)31-25-10-5-4-9-24(25)12-14-28(31)41-30/h4-5,9-14,19-21H,3,6-8,15-18H2,1-2H3,(H-,34,35,36,37,38,39). The third kappa shape index (κ3) is 7.63. The number of rotatable bonds is 12. The first-order chi connectivity index (χ1) is 20.4. The predicted molar refractivity (Wildman–Crippen MR) is 170 cm³/mol. The summed E-state index contributed by atoms with van der Waals surface area (Å²) >= 11 is 1.61. The maximum atomic E-state index is 11.5. The fourth-order valence-electron chi connectivity index (χ4n) is 5.27. The van der Waals surface area contributed by atoms with E-state index in [0.717, 1.165) is 42.8 Å². The van der Waals surface area contributed by atoms with Crippen LogP contribution in [0.25, 0.3) is 27.1 Å². The van der Waals surface area contributed by atoms with Gasteiger partial charge in [-0.1, -0.05) is 48.6 Å². The van der Waals surface area contributed by atoms with Gasteiger partial charge >= 0.3 is 0 Å². The van der Waals surface area contributed by atoms with Crippen LogP contribution in [-0.4, -0.2) is 44.0 Å². The van der Waals surface area contributed by atoms with Crippen molar-refractivity contribution >= 4 is 64.3 Å². The van der Waals surface area contributed by atoms with E-state index < -0.39 is 26.0 Å². The molecule has 0 saturated heterocycles. The van der Waals surface area contributed by atoms with Gasteiger partial charge in [0.15, 0.2) is 12.3 Å². The highest BCUT2D eigenvalue weighted by Gasteiger charge is 2.27. The highest BCUT2D eigenvalue weighted by Crippen LogP contribution is 2.40. The van der Waals surface area contributed by atoms with E-state index in [1.807, 2.05) is 61.2 Å². The number of benzene rings is 3. The van der Waals surface area contributed by atoms with Crippen LogP contribution in [0.3, 0.4) is 0 Å². The summed E-state index contributed by atoms with van der Waals surface area (Å²) < 4.78 is 75.1. The Bertz CT molecular complexity index is 1940. The van der Waals surface area contributed by atoms with E-state index in [-0.39, 0.29) is 18.6 Å². The van der Waals surface area contributed by atoms with Crippen LogP contribution in [0.2, 0.25) is 0 Å². The van der Waals surface area contributed by atoms with Gasteiger partial charge in [0.25, 0.3) is 15.1 Å². The summed E-state index contributed by atoms with van der Waals surface area (Å²) in [5, 5.41) is 3.09. The van der Waals surface area contributed by atoms with Crippen LogP contribution in [0.15, 0.2) is 72.1 Å². The average Bonchev–Trinajstić information content (AvgIpc) is 3.46. The number of allylic oxidation sites excluding steroid dienone is 2. The summed E-state index contributed by atoms with van der Waals surface area (Å²) in [4.78, 5) is 2.02. The molecule has 12 heteroatoms. The summed E-state index contributed by atoms with van der Waals surface area (Å²) in [6, 6.07) is 18.1. The first kappa shape index (κ1) is 31.1. The minimum Gasteiger partial charge on any atom is -0.748 e. The van der Waals surface area contributed by atoms with Crippen molar-refractivity contribution < 1.29 is 35.2 Å². The van der Waals surface area contributed by atoms with Gasteiger partial charge in [-0.3, -0.25) is 4.55 Å². The first-order valence-electron chi connectivity index (χ1n) is 14.1. The number of hydrogen-bond donors (Lipinski definition) is 1. The van der Waals surface area contributed by atoms with Gasteiger partial charge in [-0.05, 0) is 67.0 Å². The van der Waals surface area contributed by atoms with Crippen molar-refractivity contribution in [1.82, 2.24) is 0 Å². The molecule has 9 nitrogen and oxygen atoms in total. The summed E-state index contributed by atoms with van der Waals surface area (Å²) in [7, 11) is -8.36. The number of unbranched alkanes of at least 4 members (excludes halogenated alkanes) is 1. The van der Waals surface area contributed by atoms with Crippen molar-refractivity contribution in [3.63, 3.8) is 0 Å². The summed E-state index contributed by atoms with van der Waals surface area (Å²) in [6.07, 6.45) is 5.76. The Morgan fingerprint density at radius 1 is 1.05 bits per heavy atom. The number of ether oxygens (including phenoxy) is 1. The normalized spacial score (nSPS) is 15.0. The quantitative estimate of drug-likeness (QED) is 0.117. The zero-order valence-corrected chi connectivity index (χ0v) is 26.5. The fourth-order valence-corrected chi connectivity index (χ4v) is 7.50. The van der Waals surface area contributed by atoms with E-state index in [4.69, 9.17) is 4.74 Å². The lowest BCUT2D eigenvalue weighted by molar-refractivity contribution is -0.667. The third-order valence-electron chi connectivity index (χ3n) is 7.34. The second-order valence-corrected chi connectivity index (χ2v) is 14.8. The molecule has 43 heavy (non-hydrogen) atoms. The maximum Gasteiger partial charge on any atom is 0.265 e. The molecular weight excluding hydrogens is 609 g/mol. The number of aromatic nitrogens is 1. The lowest BCUT2D eigenvalue weighted by Gasteiger charge is -2.19. The fraction of sp³-hybridized carbons (Fsp3) is 0.323. The molecule has 1 N–H and O–H groups in total. The maximum absolute atomic E-state index is 11.5. The molecule has 2 heterocycles. The Morgan fingerprint density at radius 2 is 1.84 bits per heavy atom. The lowest BCUT2D eigenvalue weighted by atomic mass is 10.1. The number of thiazole rings is 1. The molecule has 0 bridgehead atoms. The van der Waals surface area contributed by atoms with E-state index in [1.165, 1.54) is 0 Å². The second kappa shape index (κ2) is 12.7. The van der Waals surface area contributed by atoms with E-state index in [9.17, 15) is 25.9 Å². The lowest BCUT2D eigenvalue weighted by Crippen LogP contribution is -2.36. The van der Waals surface area contributed by atoms with Crippen molar-refractivity contribution in [2.75, 3.05) is 23.0 Å². The minimum absolute atomic E-state index is 0.256. The average molecular weight is 643 g/mol. The zero-order valence-electron chi connectivity index (χ0n) is 24.0.